The van der Waals surface area contributed by atoms with Gasteiger partial charge in [0, 0.05) is 0 Å². The second-order valence-electron chi connectivity index (χ2n) is 5.01. The molecule has 19 heavy (non-hydrogen) atoms. The maximum atomic E-state index is 12.3. The topological polar surface area (TPSA) is 51.7 Å². The van der Waals surface area contributed by atoms with Gasteiger partial charge in [0.05, 0.1) is 23.5 Å². The van der Waals surface area contributed by atoms with Gasteiger partial charge in [-0.25, -0.2) is 4.98 Å². The molecule has 2 atom stereocenters. The van der Waals surface area contributed by atoms with Crippen LogP contribution in [0, 0.1) is 0 Å². The van der Waals surface area contributed by atoms with Crippen LogP contribution in [-0.2, 0) is 14.3 Å². The molecule has 1 aromatic rings. The molecule has 0 spiro atoms. The number of pyridine rings is 1. The van der Waals surface area contributed by atoms with E-state index in [2.05, 4.69) is 4.98 Å². The third-order valence-corrected chi connectivity index (χ3v) is 3.84. The van der Waals surface area contributed by atoms with E-state index in [1.807, 2.05) is 0 Å². The number of ether oxygens (including phenoxy) is 2. The Labute approximate surface area is 120 Å². The molecule has 0 aromatic carbocycles. The highest BCUT2D eigenvalue weighted by atomic mass is 35.5. The maximum absolute atomic E-state index is 12.3. The second-order valence-corrected chi connectivity index (χ2v) is 5.77. The van der Waals surface area contributed by atoms with Gasteiger partial charge in [-0.2, -0.15) is 0 Å². The normalized spacial score (nSPS) is 28.8. The molecule has 2 saturated heterocycles. The zero-order valence-electron chi connectivity index (χ0n) is 10.4. The van der Waals surface area contributed by atoms with Crippen molar-refractivity contribution in [3.63, 3.8) is 0 Å². The van der Waals surface area contributed by atoms with Gasteiger partial charge in [-0.05, 0) is 19.9 Å². The van der Waals surface area contributed by atoms with E-state index in [1.54, 1.807) is 24.8 Å². The minimum atomic E-state index is -0.715. The van der Waals surface area contributed by atoms with Gasteiger partial charge in [-0.15, -0.1) is 0 Å². The number of nitrogens with zero attached hydrogens (tertiary/aromatic N) is 2. The van der Waals surface area contributed by atoms with E-state index < -0.39 is 11.9 Å². The Morgan fingerprint density at radius 2 is 2.16 bits per heavy atom. The summed E-state index contributed by atoms with van der Waals surface area (Å²) in [6.45, 7) is 4.01. The van der Waals surface area contributed by atoms with Gasteiger partial charge in [0.25, 0.3) is 5.91 Å². The average molecular weight is 303 g/mol. The fourth-order valence-corrected chi connectivity index (χ4v) is 2.66. The van der Waals surface area contributed by atoms with Crippen molar-refractivity contribution in [2.24, 2.45) is 0 Å². The van der Waals surface area contributed by atoms with Crippen LogP contribution in [0.25, 0.3) is 0 Å². The number of anilines is 1. The summed E-state index contributed by atoms with van der Waals surface area (Å²) in [6.07, 6.45) is 0.680. The van der Waals surface area contributed by atoms with Crippen LogP contribution in [0.4, 0.5) is 5.69 Å². The van der Waals surface area contributed by atoms with E-state index in [1.165, 1.54) is 6.20 Å². The third-order valence-electron chi connectivity index (χ3n) is 3.15. The lowest BCUT2D eigenvalue weighted by molar-refractivity contribution is -0.157. The van der Waals surface area contributed by atoms with Crippen LogP contribution in [0.2, 0.25) is 10.2 Å². The molecule has 0 aliphatic carbocycles. The van der Waals surface area contributed by atoms with Crippen molar-refractivity contribution in [2.45, 2.75) is 31.8 Å². The van der Waals surface area contributed by atoms with Crippen molar-refractivity contribution in [3.8, 4) is 0 Å². The molecule has 1 aromatic heterocycles. The lowest BCUT2D eigenvalue weighted by Gasteiger charge is -2.22. The molecule has 2 aliphatic rings. The molecule has 0 unspecified atom stereocenters. The molecule has 1 amide bonds. The standard InChI is InChI=1S/C12H12Cl2N2O3/c1-12(2)18-8-5-16(11(17)9(8)19-12)6-3-7(13)10(14)15-4-6/h3-4,8-9H,5H2,1-2H3/t8-,9-/m1/s1. The Kier molecular flexibility index (Phi) is 2.98. The first-order valence-corrected chi connectivity index (χ1v) is 6.61. The number of aromatic nitrogens is 1. The van der Waals surface area contributed by atoms with Gasteiger partial charge in [-0.1, -0.05) is 23.2 Å². The van der Waals surface area contributed by atoms with Gasteiger partial charge in [0.2, 0.25) is 0 Å². The zero-order valence-corrected chi connectivity index (χ0v) is 11.9. The van der Waals surface area contributed by atoms with Crippen LogP contribution in [0.5, 0.6) is 0 Å². The highest BCUT2D eigenvalue weighted by Crippen LogP contribution is 2.36. The first-order chi connectivity index (χ1) is 8.87. The van der Waals surface area contributed by atoms with Crippen LogP contribution >= 0.6 is 23.2 Å². The minimum Gasteiger partial charge on any atom is -0.342 e. The summed E-state index contributed by atoms with van der Waals surface area (Å²) in [5.41, 5.74) is 0.596. The van der Waals surface area contributed by atoms with Crippen molar-refractivity contribution in [2.75, 3.05) is 11.4 Å². The molecule has 2 aliphatic heterocycles. The molecule has 0 N–H and O–H groups in total. The molecular formula is C12H12Cl2N2O3. The number of amides is 1. The lowest BCUT2D eigenvalue weighted by Crippen LogP contribution is -2.34. The molecule has 0 saturated carbocycles. The molecule has 3 rings (SSSR count). The van der Waals surface area contributed by atoms with E-state index in [-0.39, 0.29) is 17.2 Å². The first kappa shape index (κ1) is 13.1. The van der Waals surface area contributed by atoms with Crippen molar-refractivity contribution in [3.05, 3.63) is 22.4 Å². The predicted octanol–water partition coefficient (Wildman–Crippen LogP) is 2.26. The van der Waals surface area contributed by atoms with E-state index in [0.29, 0.717) is 17.3 Å². The summed E-state index contributed by atoms with van der Waals surface area (Å²) in [6, 6.07) is 1.61. The molecule has 102 valence electrons. The molecular weight excluding hydrogens is 291 g/mol. The zero-order chi connectivity index (χ0) is 13.8. The summed E-state index contributed by atoms with van der Waals surface area (Å²) in [4.78, 5) is 17.8. The van der Waals surface area contributed by atoms with E-state index in [4.69, 9.17) is 32.7 Å². The van der Waals surface area contributed by atoms with Crippen LogP contribution in [-0.4, -0.2) is 35.4 Å². The Bertz CT molecular complexity index is 550. The quantitative estimate of drug-likeness (QED) is 0.747. The van der Waals surface area contributed by atoms with Gasteiger partial charge in [-0.3, -0.25) is 4.79 Å². The summed E-state index contributed by atoms with van der Waals surface area (Å²) in [5.74, 6) is -0.858. The van der Waals surface area contributed by atoms with Gasteiger partial charge in [0.15, 0.2) is 11.9 Å². The van der Waals surface area contributed by atoms with E-state index in [9.17, 15) is 4.79 Å². The SMILES string of the molecule is CC1(C)O[C@@H]2CN(c3cnc(Cl)c(Cl)c3)C(=O)[C@@H]2O1. The Morgan fingerprint density at radius 1 is 1.42 bits per heavy atom. The molecule has 7 heteroatoms. The second kappa shape index (κ2) is 4.31. The number of hydrogen-bond acceptors (Lipinski definition) is 4. The van der Waals surface area contributed by atoms with Gasteiger partial charge < -0.3 is 14.4 Å². The number of fused-ring (bicyclic) bond motifs is 1. The molecule has 0 bridgehead atoms. The fraction of sp³-hybridized carbons (Fsp3) is 0.500. The summed E-state index contributed by atoms with van der Waals surface area (Å²) in [5, 5.41) is 0.525. The van der Waals surface area contributed by atoms with Gasteiger partial charge in [0.1, 0.15) is 11.3 Å². The molecule has 3 heterocycles. The predicted molar refractivity (Wildman–Crippen MR) is 70.4 cm³/mol. The lowest BCUT2D eigenvalue weighted by atomic mass is 10.3. The van der Waals surface area contributed by atoms with Crippen molar-refractivity contribution in [1.82, 2.24) is 4.98 Å². The van der Waals surface area contributed by atoms with Crippen molar-refractivity contribution >= 4 is 34.8 Å². The highest BCUT2D eigenvalue weighted by Gasteiger charge is 2.52. The Balaban J connectivity index is 1.86. The number of hydrogen-bond donors (Lipinski definition) is 0. The summed E-state index contributed by atoms with van der Waals surface area (Å²) < 4.78 is 11.3. The summed E-state index contributed by atoms with van der Waals surface area (Å²) in [7, 11) is 0. The highest BCUT2D eigenvalue weighted by molar-refractivity contribution is 6.41. The monoisotopic (exact) mass is 302 g/mol. The first-order valence-electron chi connectivity index (χ1n) is 5.85. The van der Waals surface area contributed by atoms with E-state index in [0.717, 1.165) is 0 Å². The average Bonchev–Trinajstić information content (AvgIpc) is 2.77. The van der Waals surface area contributed by atoms with Crippen LogP contribution in [0.1, 0.15) is 13.8 Å². The minimum absolute atomic E-state index is 0.143. The number of carbonyl (C=O) groups excluding carboxylic acids is 1. The Hall–Kier alpha value is -0.880. The fourth-order valence-electron chi connectivity index (χ4n) is 2.39. The van der Waals surface area contributed by atoms with Crippen molar-refractivity contribution in [1.29, 1.82) is 0 Å². The van der Waals surface area contributed by atoms with Crippen LogP contribution in [0.15, 0.2) is 12.3 Å². The van der Waals surface area contributed by atoms with Gasteiger partial charge >= 0.3 is 0 Å². The molecule has 0 radical (unpaired) electrons. The largest absolute Gasteiger partial charge is 0.342 e. The van der Waals surface area contributed by atoms with Crippen LogP contribution in [0.3, 0.4) is 0 Å². The number of carbonyl (C=O) groups is 1. The maximum Gasteiger partial charge on any atom is 0.259 e. The molecule has 5 nitrogen and oxygen atoms in total. The number of rotatable bonds is 1. The van der Waals surface area contributed by atoms with Crippen molar-refractivity contribution < 1.29 is 14.3 Å². The third kappa shape index (κ3) is 2.21. The van der Waals surface area contributed by atoms with E-state index >= 15 is 0 Å². The van der Waals surface area contributed by atoms with Crippen LogP contribution < -0.4 is 4.90 Å². The Morgan fingerprint density at radius 3 is 2.79 bits per heavy atom. The smallest absolute Gasteiger partial charge is 0.259 e. The number of halogens is 2. The summed E-state index contributed by atoms with van der Waals surface area (Å²) >= 11 is 11.7. The molecule has 2 fully saturated rings.